The number of methoxy groups -OCH3 is 1. The highest BCUT2D eigenvalue weighted by Crippen LogP contribution is 2.34. The van der Waals surface area contributed by atoms with Gasteiger partial charge in [-0.1, -0.05) is 47.3 Å². The first-order valence-corrected chi connectivity index (χ1v) is 10.8. The van der Waals surface area contributed by atoms with Crippen LogP contribution in [-0.4, -0.2) is 29.6 Å². The summed E-state index contributed by atoms with van der Waals surface area (Å²) in [4.78, 5) is 18.0. The third-order valence-electron chi connectivity index (χ3n) is 4.77. The molecule has 1 heterocycles. The zero-order valence-corrected chi connectivity index (χ0v) is 19.7. The van der Waals surface area contributed by atoms with E-state index in [9.17, 15) is 4.79 Å². The van der Waals surface area contributed by atoms with E-state index >= 15 is 0 Å². The molecule has 0 bridgehead atoms. The third kappa shape index (κ3) is 4.92. The van der Waals surface area contributed by atoms with Crippen molar-refractivity contribution in [2.75, 3.05) is 13.7 Å². The van der Waals surface area contributed by atoms with Crippen LogP contribution in [0.3, 0.4) is 0 Å². The average molecular weight is 503 g/mol. The van der Waals surface area contributed by atoms with Crippen molar-refractivity contribution in [2.45, 2.75) is 26.2 Å². The number of nitrogens with zero attached hydrogens (tertiary/aromatic N) is 3. The van der Waals surface area contributed by atoms with Crippen LogP contribution >= 0.6 is 27.5 Å². The second kappa shape index (κ2) is 9.99. The number of hydrogen-bond acceptors (Lipinski definition) is 5. The SMILES string of the molecule is C#CCOc1c(C=Nn2c([C@@H](C)CC)nc3ccc(Br)cc3c2=O)cc(Cl)cc1OC. The highest BCUT2D eigenvalue weighted by atomic mass is 79.9. The van der Waals surface area contributed by atoms with Crippen LogP contribution in [0.4, 0.5) is 0 Å². The van der Waals surface area contributed by atoms with Crippen molar-refractivity contribution in [3.63, 3.8) is 0 Å². The fourth-order valence-corrected chi connectivity index (χ4v) is 3.58. The van der Waals surface area contributed by atoms with Gasteiger partial charge in [0.2, 0.25) is 0 Å². The Balaban J connectivity index is 2.21. The number of halogens is 2. The van der Waals surface area contributed by atoms with E-state index in [4.69, 9.17) is 32.5 Å². The molecule has 160 valence electrons. The molecule has 0 N–H and O–H groups in total. The number of ether oxygens (including phenoxy) is 2. The molecule has 0 unspecified atom stereocenters. The smallest absolute Gasteiger partial charge is 0.282 e. The van der Waals surface area contributed by atoms with Gasteiger partial charge in [0.15, 0.2) is 11.5 Å². The second-order valence-electron chi connectivity index (χ2n) is 6.82. The third-order valence-corrected chi connectivity index (χ3v) is 5.48. The van der Waals surface area contributed by atoms with E-state index in [1.165, 1.54) is 18.0 Å². The van der Waals surface area contributed by atoms with Crippen molar-refractivity contribution in [3.05, 3.63) is 61.6 Å². The first kappa shape index (κ1) is 22.9. The minimum atomic E-state index is -0.266. The molecule has 31 heavy (non-hydrogen) atoms. The van der Waals surface area contributed by atoms with Gasteiger partial charge in [0.1, 0.15) is 12.4 Å². The van der Waals surface area contributed by atoms with Crippen molar-refractivity contribution in [1.29, 1.82) is 0 Å². The van der Waals surface area contributed by atoms with Crippen LogP contribution in [0, 0.1) is 12.3 Å². The molecule has 8 heteroatoms. The van der Waals surface area contributed by atoms with Gasteiger partial charge in [0.05, 0.1) is 24.2 Å². The predicted molar refractivity (Wildman–Crippen MR) is 128 cm³/mol. The lowest BCUT2D eigenvalue weighted by Gasteiger charge is -2.15. The molecule has 0 aliphatic heterocycles. The quantitative estimate of drug-likeness (QED) is 0.328. The van der Waals surface area contributed by atoms with Gasteiger partial charge in [-0.2, -0.15) is 9.78 Å². The van der Waals surface area contributed by atoms with E-state index < -0.39 is 0 Å². The molecular weight excluding hydrogens is 482 g/mol. The van der Waals surface area contributed by atoms with Gasteiger partial charge in [0.25, 0.3) is 5.56 Å². The van der Waals surface area contributed by atoms with Crippen molar-refractivity contribution in [3.8, 4) is 23.8 Å². The van der Waals surface area contributed by atoms with Gasteiger partial charge in [-0.15, -0.1) is 6.42 Å². The van der Waals surface area contributed by atoms with Crippen LogP contribution in [-0.2, 0) is 0 Å². The topological polar surface area (TPSA) is 65.7 Å². The van der Waals surface area contributed by atoms with E-state index in [1.54, 1.807) is 18.2 Å². The highest BCUT2D eigenvalue weighted by Gasteiger charge is 2.17. The summed E-state index contributed by atoms with van der Waals surface area (Å²) in [5.41, 5.74) is 0.881. The fraction of sp³-hybridized carbons (Fsp3) is 0.261. The first-order valence-electron chi connectivity index (χ1n) is 9.59. The molecular formula is C23H21BrClN3O3. The summed E-state index contributed by atoms with van der Waals surface area (Å²) in [6.07, 6.45) is 7.63. The summed E-state index contributed by atoms with van der Waals surface area (Å²) < 4.78 is 13.1. The lowest BCUT2D eigenvalue weighted by atomic mass is 10.1. The molecule has 3 rings (SSSR count). The molecule has 0 spiro atoms. The Morgan fingerprint density at radius 2 is 2.16 bits per heavy atom. The number of hydrogen-bond donors (Lipinski definition) is 0. The van der Waals surface area contributed by atoms with Gasteiger partial charge in [-0.05, 0) is 30.7 Å². The first-order chi connectivity index (χ1) is 14.9. The monoisotopic (exact) mass is 501 g/mol. The Morgan fingerprint density at radius 3 is 2.84 bits per heavy atom. The van der Waals surface area contributed by atoms with Crippen molar-refractivity contribution < 1.29 is 9.47 Å². The molecule has 0 radical (unpaired) electrons. The summed E-state index contributed by atoms with van der Waals surface area (Å²) >= 11 is 9.63. The van der Waals surface area contributed by atoms with Crippen LogP contribution < -0.4 is 15.0 Å². The number of fused-ring (bicyclic) bond motifs is 1. The number of rotatable bonds is 7. The Kier molecular flexibility index (Phi) is 7.37. The van der Waals surface area contributed by atoms with Gasteiger partial charge in [0, 0.05) is 27.0 Å². The minimum Gasteiger partial charge on any atom is -0.493 e. The molecule has 0 saturated heterocycles. The Labute approximate surface area is 194 Å². The lowest BCUT2D eigenvalue weighted by molar-refractivity contribution is 0.330. The van der Waals surface area contributed by atoms with Crippen LogP contribution in [0.5, 0.6) is 11.5 Å². The summed E-state index contributed by atoms with van der Waals surface area (Å²) in [5.74, 6) is 3.82. The lowest BCUT2D eigenvalue weighted by Crippen LogP contribution is -2.23. The van der Waals surface area contributed by atoms with E-state index in [0.29, 0.717) is 38.8 Å². The Morgan fingerprint density at radius 1 is 1.39 bits per heavy atom. The number of terminal acetylenes is 1. The fourth-order valence-electron chi connectivity index (χ4n) is 3.00. The summed E-state index contributed by atoms with van der Waals surface area (Å²) in [6, 6.07) is 8.69. The van der Waals surface area contributed by atoms with Gasteiger partial charge in [-0.25, -0.2) is 4.98 Å². The maximum Gasteiger partial charge on any atom is 0.282 e. The van der Waals surface area contributed by atoms with Gasteiger partial charge < -0.3 is 9.47 Å². The zero-order valence-electron chi connectivity index (χ0n) is 17.4. The standard InChI is InChI=1S/C23H21BrClN3O3/c1-5-9-31-21-15(10-17(25)12-20(21)30-4)13-26-28-22(14(3)6-2)27-19-8-7-16(24)11-18(19)23(28)29/h1,7-8,10-14H,6,9H2,2-4H3/t14-/m0/s1. The van der Waals surface area contributed by atoms with E-state index in [0.717, 1.165) is 10.9 Å². The summed E-state index contributed by atoms with van der Waals surface area (Å²) in [7, 11) is 1.51. The van der Waals surface area contributed by atoms with E-state index in [-0.39, 0.29) is 18.1 Å². The molecule has 0 aliphatic carbocycles. The molecule has 2 aromatic carbocycles. The second-order valence-corrected chi connectivity index (χ2v) is 8.17. The van der Waals surface area contributed by atoms with Gasteiger partial charge >= 0.3 is 0 Å². The minimum absolute atomic E-state index is 0.0176. The number of benzene rings is 2. The largest absolute Gasteiger partial charge is 0.493 e. The van der Waals surface area contributed by atoms with Crippen molar-refractivity contribution in [2.24, 2.45) is 5.10 Å². The van der Waals surface area contributed by atoms with Gasteiger partial charge in [-0.3, -0.25) is 4.79 Å². The predicted octanol–water partition coefficient (Wildman–Crippen LogP) is 5.23. The van der Waals surface area contributed by atoms with E-state index in [1.807, 2.05) is 26.0 Å². The Hall–Kier alpha value is -2.82. The van der Waals surface area contributed by atoms with Crippen molar-refractivity contribution in [1.82, 2.24) is 9.66 Å². The number of aromatic nitrogens is 2. The van der Waals surface area contributed by atoms with Crippen LogP contribution in [0.2, 0.25) is 5.02 Å². The maximum atomic E-state index is 13.3. The molecule has 0 aliphatic rings. The van der Waals surface area contributed by atoms with Crippen LogP contribution in [0.15, 0.2) is 44.7 Å². The molecule has 6 nitrogen and oxygen atoms in total. The van der Waals surface area contributed by atoms with Crippen LogP contribution in [0.1, 0.15) is 37.6 Å². The molecule has 0 fully saturated rings. The molecule has 1 atom stereocenters. The molecule has 0 saturated carbocycles. The zero-order chi connectivity index (χ0) is 22.5. The van der Waals surface area contributed by atoms with Crippen molar-refractivity contribution >= 4 is 44.6 Å². The van der Waals surface area contributed by atoms with Crippen LogP contribution in [0.25, 0.3) is 10.9 Å². The Bertz CT molecular complexity index is 1250. The summed E-state index contributed by atoms with van der Waals surface area (Å²) in [5, 5.41) is 5.36. The molecule has 1 aromatic heterocycles. The average Bonchev–Trinajstić information content (AvgIpc) is 2.76. The molecule has 3 aromatic rings. The summed E-state index contributed by atoms with van der Waals surface area (Å²) in [6.45, 7) is 4.08. The highest BCUT2D eigenvalue weighted by molar-refractivity contribution is 9.10. The molecule has 0 amide bonds. The normalized spacial score (nSPS) is 12.1. The van der Waals surface area contributed by atoms with E-state index in [2.05, 4.69) is 27.0 Å². The maximum absolute atomic E-state index is 13.3.